The maximum atomic E-state index is 12.6. The van der Waals surface area contributed by atoms with Crippen LogP contribution in [0.2, 0.25) is 0 Å². The molecule has 2 aromatic heterocycles. The molecule has 12 nitrogen and oxygen atoms in total. The van der Waals surface area contributed by atoms with Gasteiger partial charge in [-0.2, -0.15) is 5.26 Å². The normalized spacial score (nSPS) is 13.2. The number of hydrogen-bond donors (Lipinski definition) is 2. The van der Waals surface area contributed by atoms with Gasteiger partial charge in [-0.15, -0.1) is 11.6 Å². The SMILES string of the molecule is CCOC(=O)c1cc(C#N)c(N2CCC(C(=O)NS(=O)(=O)Cc3ccccc3)CC2)nc1CCl.O=C(O)c1cccnc1CF. The molecule has 0 radical (unpaired) electrons. The molecule has 45 heavy (non-hydrogen) atoms. The van der Waals surface area contributed by atoms with Crippen molar-refractivity contribution in [1.29, 1.82) is 5.26 Å². The number of benzene rings is 1. The van der Waals surface area contributed by atoms with E-state index in [0.29, 0.717) is 43.0 Å². The van der Waals surface area contributed by atoms with Crippen LogP contribution in [0.25, 0.3) is 0 Å². The second kappa shape index (κ2) is 16.5. The summed E-state index contributed by atoms with van der Waals surface area (Å²) in [6.07, 6.45) is 2.13. The van der Waals surface area contributed by atoms with Gasteiger partial charge in [0.25, 0.3) is 0 Å². The molecule has 1 fully saturated rings. The molecule has 2 N–H and O–H groups in total. The number of carboxylic acids is 1. The fraction of sp³-hybridized carbons (Fsp3) is 0.333. The number of carboxylic acid groups (broad SMARTS) is 1. The van der Waals surface area contributed by atoms with E-state index in [1.54, 1.807) is 37.3 Å². The number of pyridine rings is 2. The average molecular weight is 660 g/mol. The standard InChI is InChI=1S/C23H25ClN4O5S.C7H6FNO2/c1-2-33-23(30)19-12-18(14-25)21(26-20(19)13-24)28-10-8-17(9-11-28)22(29)27-34(31,32)15-16-6-4-3-5-7-16;8-4-6-5(7(10)11)2-1-3-9-6/h3-7,12,17H,2,8-11,13,15H2,1H3,(H,27,29);1-3H,4H2,(H,10,11). The summed E-state index contributed by atoms with van der Waals surface area (Å²) < 4.78 is 44.0. The zero-order valence-electron chi connectivity index (χ0n) is 24.3. The third kappa shape index (κ3) is 9.69. The molecule has 1 saturated heterocycles. The first-order chi connectivity index (χ1) is 21.5. The molecular formula is C30H31ClFN5O7S. The monoisotopic (exact) mass is 659 g/mol. The molecule has 3 heterocycles. The summed E-state index contributed by atoms with van der Waals surface area (Å²) in [6, 6.07) is 14.9. The van der Waals surface area contributed by atoms with Crippen LogP contribution in [0.4, 0.5) is 10.2 Å². The van der Waals surface area contributed by atoms with Crippen molar-refractivity contribution < 1.29 is 37.0 Å². The number of amides is 1. The molecule has 3 aromatic rings. The van der Waals surface area contributed by atoms with Crippen molar-refractivity contribution in [3.05, 3.63) is 88.4 Å². The number of nitriles is 1. The van der Waals surface area contributed by atoms with E-state index in [2.05, 4.69) is 20.8 Å². The summed E-state index contributed by atoms with van der Waals surface area (Å²) in [5, 5.41) is 18.1. The van der Waals surface area contributed by atoms with Crippen molar-refractivity contribution in [3.8, 4) is 6.07 Å². The first-order valence-corrected chi connectivity index (χ1v) is 16.0. The predicted molar refractivity (Wildman–Crippen MR) is 163 cm³/mol. The molecule has 0 bridgehead atoms. The molecule has 0 spiro atoms. The lowest BCUT2D eigenvalue weighted by Crippen LogP contribution is -2.43. The van der Waals surface area contributed by atoms with Gasteiger partial charge < -0.3 is 14.7 Å². The molecule has 1 aromatic carbocycles. The minimum absolute atomic E-state index is 0.0278. The van der Waals surface area contributed by atoms with E-state index >= 15 is 0 Å². The van der Waals surface area contributed by atoms with E-state index in [9.17, 15) is 32.5 Å². The number of sulfonamides is 1. The number of piperidine rings is 1. The topological polar surface area (TPSA) is 180 Å². The molecule has 0 unspecified atom stereocenters. The molecule has 0 atom stereocenters. The van der Waals surface area contributed by atoms with Gasteiger partial charge in [0.2, 0.25) is 15.9 Å². The summed E-state index contributed by atoms with van der Waals surface area (Å²) in [6.45, 7) is 1.79. The van der Waals surface area contributed by atoms with E-state index in [1.807, 2.05) is 4.90 Å². The second-order valence-electron chi connectivity index (χ2n) is 9.73. The number of carbonyl (C=O) groups is 3. The van der Waals surface area contributed by atoms with Crippen molar-refractivity contribution >= 4 is 45.3 Å². The molecule has 0 aliphatic carbocycles. The largest absolute Gasteiger partial charge is 0.478 e. The number of nitrogens with zero attached hydrogens (tertiary/aromatic N) is 4. The highest BCUT2D eigenvalue weighted by Gasteiger charge is 2.30. The number of aromatic carboxylic acids is 1. The highest BCUT2D eigenvalue weighted by Crippen LogP contribution is 2.28. The van der Waals surface area contributed by atoms with Crippen molar-refractivity contribution in [3.63, 3.8) is 0 Å². The van der Waals surface area contributed by atoms with E-state index in [-0.39, 0.29) is 40.6 Å². The Labute approximate surface area is 264 Å². The Morgan fingerprint density at radius 1 is 1.13 bits per heavy atom. The molecule has 1 aliphatic heterocycles. The van der Waals surface area contributed by atoms with Crippen LogP contribution in [0.15, 0.2) is 54.7 Å². The lowest BCUT2D eigenvalue weighted by Gasteiger charge is -2.32. The van der Waals surface area contributed by atoms with Gasteiger partial charge in [-0.25, -0.2) is 27.4 Å². The van der Waals surface area contributed by atoms with E-state index < -0.39 is 40.5 Å². The van der Waals surface area contributed by atoms with E-state index in [1.165, 1.54) is 24.4 Å². The Balaban J connectivity index is 0.000000423. The van der Waals surface area contributed by atoms with Crippen LogP contribution in [0.5, 0.6) is 0 Å². The minimum Gasteiger partial charge on any atom is -0.478 e. The minimum atomic E-state index is -3.81. The van der Waals surface area contributed by atoms with E-state index in [4.69, 9.17) is 21.4 Å². The maximum Gasteiger partial charge on any atom is 0.340 e. The number of rotatable bonds is 10. The first kappa shape index (κ1) is 34.9. The van der Waals surface area contributed by atoms with Gasteiger partial charge in [0.1, 0.15) is 18.6 Å². The van der Waals surface area contributed by atoms with E-state index in [0.717, 1.165) is 0 Å². The van der Waals surface area contributed by atoms with Gasteiger partial charge in [0.05, 0.1) is 46.3 Å². The lowest BCUT2D eigenvalue weighted by atomic mass is 9.96. The maximum absolute atomic E-state index is 12.6. The Kier molecular flexibility index (Phi) is 12.8. The fourth-order valence-corrected chi connectivity index (χ4v) is 5.89. The van der Waals surface area contributed by atoms with Gasteiger partial charge in [-0.05, 0) is 43.5 Å². The predicted octanol–water partition coefficient (Wildman–Crippen LogP) is 3.98. The van der Waals surface area contributed by atoms with Crippen LogP contribution in [0.1, 0.15) is 63.0 Å². The van der Waals surface area contributed by atoms with Gasteiger partial charge in [-0.1, -0.05) is 30.3 Å². The molecule has 238 valence electrons. The van der Waals surface area contributed by atoms with Gasteiger partial charge >= 0.3 is 11.9 Å². The molecule has 0 saturated carbocycles. The van der Waals surface area contributed by atoms with Crippen LogP contribution < -0.4 is 9.62 Å². The quantitative estimate of drug-likeness (QED) is 0.237. The summed E-state index contributed by atoms with van der Waals surface area (Å²) in [7, 11) is -3.81. The zero-order chi connectivity index (χ0) is 33.0. The Morgan fingerprint density at radius 2 is 1.82 bits per heavy atom. The van der Waals surface area contributed by atoms with Crippen LogP contribution in [-0.2, 0) is 37.9 Å². The fourth-order valence-electron chi connectivity index (χ4n) is 4.51. The number of alkyl halides is 2. The van der Waals surface area contributed by atoms with Crippen LogP contribution in [0.3, 0.4) is 0 Å². The molecule has 4 rings (SSSR count). The smallest absolute Gasteiger partial charge is 0.340 e. The lowest BCUT2D eigenvalue weighted by molar-refractivity contribution is -0.123. The zero-order valence-corrected chi connectivity index (χ0v) is 25.9. The third-order valence-corrected chi connectivity index (χ3v) is 8.17. The highest BCUT2D eigenvalue weighted by molar-refractivity contribution is 7.89. The number of ether oxygens (including phenoxy) is 1. The Hall–Kier alpha value is -4.61. The average Bonchev–Trinajstić information content (AvgIpc) is 3.04. The molecule has 15 heteroatoms. The first-order valence-electron chi connectivity index (χ1n) is 13.8. The number of esters is 1. The van der Waals surface area contributed by atoms with Crippen LogP contribution in [0, 0.1) is 17.2 Å². The molecule has 1 aliphatic rings. The number of halogens is 2. The van der Waals surface area contributed by atoms with Crippen molar-refractivity contribution in [2.75, 3.05) is 24.6 Å². The summed E-state index contributed by atoms with van der Waals surface area (Å²) in [4.78, 5) is 45.0. The molecule has 1 amide bonds. The van der Waals surface area contributed by atoms with Crippen LogP contribution in [-0.4, -0.2) is 61.0 Å². The van der Waals surface area contributed by atoms with Crippen molar-refractivity contribution in [2.24, 2.45) is 5.92 Å². The number of carbonyl (C=O) groups excluding carboxylic acids is 2. The van der Waals surface area contributed by atoms with Gasteiger partial charge in [0.15, 0.2) is 0 Å². The van der Waals surface area contributed by atoms with Crippen molar-refractivity contribution in [1.82, 2.24) is 14.7 Å². The third-order valence-electron chi connectivity index (χ3n) is 6.69. The highest BCUT2D eigenvalue weighted by atomic mass is 35.5. The number of nitrogens with one attached hydrogen (secondary N) is 1. The van der Waals surface area contributed by atoms with Gasteiger partial charge in [-0.3, -0.25) is 14.5 Å². The number of anilines is 1. The summed E-state index contributed by atoms with van der Waals surface area (Å²) in [5.41, 5.74) is 1.14. The number of hydrogen-bond acceptors (Lipinski definition) is 10. The van der Waals surface area contributed by atoms with Gasteiger partial charge in [0, 0.05) is 25.2 Å². The van der Waals surface area contributed by atoms with Crippen molar-refractivity contribution in [2.45, 2.75) is 38.1 Å². The Morgan fingerprint density at radius 3 is 2.38 bits per heavy atom. The summed E-state index contributed by atoms with van der Waals surface area (Å²) >= 11 is 5.99. The number of aromatic nitrogens is 2. The molecular weight excluding hydrogens is 629 g/mol. The van der Waals surface area contributed by atoms with Crippen LogP contribution >= 0.6 is 11.6 Å². The second-order valence-corrected chi connectivity index (χ2v) is 11.7. The Bertz CT molecular complexity index is 1660. The summed E-state index contributed by atoms with van der Waals surface area (Å²) in [5.74, 6) is -2.71.